The largest absolute Gasteiger partial charge is 0.323 e. The summed E-state index contributed by atoms with van der Waals surface area (Å²) in [6, 6.07) is 12.6. The standard InChI is InChI=1S/C21H19ClFN3O2/c22-16-5-1-2-6-17(16)24-18(27)13-26-20(28)19(14-7-9-15(23)10-8-14)25-21(26)11-3-4-12-21/h1-2,5-10H,3-4,11-13H2,(H,24,27). The van der Waals surface area contributed by atoms with E-state index >= 15 is 0 Å². The summed E-state index contributed by atoms with van der Waals surface area (Å²) in [5.41, 5.74) is 0.651. The second-order valence-electron chi connectivity index (χ2n) is 7.08. The van der Waals surface area contributed by atoms with Crippen LogP contribution in [0.4, 0.5) is 10.1 Å². The molecule has 1 heterocycles. The summed E-state index contributed by atoms with van der Waals surface area (Å²) in [5.74, 6) is -1.01. The number of anilines is 1. The average Bonchev–Trinajstić information content (AvgIpc) is 3.25. The molecule has 2 aliphatic rings. The van der Waals surface area contributed by atoms with E-state index in [9.17, 15) is 14.0 Å². The van der Waals surface area contributed by atoms with E-state index in [4.69, 9.17) is 16.6 Å². The first-order valence-corrected chi connectivity index (χ1v) is 9.58. The van der Waals surface area contributed by atoms with E-state index < -0.39 is 5.66 Å². The summed E-state index contributed by atoms with van der Waals surface area (Å²) >= 11 is 6.10. The van der Waals surface area contributed by atoms with Crippen LogP contribution in [0.2, 0.25) is 5.02 Å². The first-order chi connectivity index (χ1) is 13.5. The highest BCUT2D eigenvalue weighted by Crippen LogP contribution is 2.41. The molecule has 0 aromatic heterocycles. The molecule has 1 saturated carbocycles. The Morgan fingerprint density at radius 1 is 1.14 bits per heavy atom. The normalized spacial score (nSPS) is 17.9. The van der Waals surface area contributed by atoms with Gasteiger partial charge in [-0.15, -0.1) is 0 Å². The van der Waals surface area contributed by atoms with E-state index in [1.807, 2.05) is 0 Å². The number of nitrogens with zero attached hydrogens (tertiary/aromatic N) is 2. The molecule has 5 nitrogen and oxygen atoms in total. The number of para-hydroxylation sites is 1. The van der Waals surface area contributed by atoms with Crippen LogP contribution in [0.1, 0.15) is 31.2 Å². The molecule has 7 heteroatoms. The first-order valence-electron chi connectivity index (χ1n) is 9.21. The van der Waals surface area contributed by atoms with Gasteiger partial charge in [0.15, 0.2) is 0 Å². The summed E-state index contributed by atoms with van der Waals surface area (Å²) in [6.07, 6.45) is 3.30. The van der Waals surface area contributed by atoms with Gasteiger partial charge in [-0.3, -0.25) is 14.6 Å². The molecule has 0 saturated heterocycles. The molecule has 1 aliphatic carbocycles. The number of aliphatic imine (C=N–C) groups is 1. The fourth-order valence-electron chi connectivity index (χ4n) is 3.87. The van der Waals surface area contributed by atoms with E-state index in [0.29, 0.717) is 29.1 Å². The van der Waals surface area contributed by atoms with E-state index in [0.717, 1.165) is 12.8 Å². The molecular formula is C21H19ClFN3O2. The molecule has 2 aromatic rings. The van der Waals surface area contributed by atoms with Gasteiger partial charge in [0, 0.05) is 5.56 Å². The summed E-state index contributed by atoms with van der Waals surface area (Å²) in [6.45, 7) is -0.113. The molecule has 1 N–H and O–H groups in total. The number of rotatable bonds is 4. The van der Waals surface area contributed by atoms with Crippen molar-refractivity contribution in [3.05, 3.63) is 64.9 Å². The highest BCUT2D eigenvalue weighted by molar-refractivity contribution is 6.47. The third kappa shape index (κ3) is 3.40. The number of carbonyl (C=O) groups is 2. The van der Waals surface area contributed by atoms with Gasteiger partial charge in [-0.25, -0.2) is 4.39 Å². The third-order valence-corrected chi connectivity index (χ3v) is 5.57. The summed E-state index contributed by atoms with van der Waals surface area (Å²) in [4.78, 5) is 32.0. The lowest BCUT2D eigenvalue weighted by Crippen LogP contribution is -2.48. The van der Waals surface area contributed by atoms with Crippen LogP contribution in [-0.2, 0) is 9.59 Å². The fraction of sp³-hybridized carbons (Fsp3) is 0.286. The van der Waals surface area contributed by atoms with Crippen LogP contribution in [0.5, 0.6) is 0 Å². The number of benzene rings is 2. The van der Waals surface area contributed by atoms with Gasteiger partial charge in [-0.05, 0) is 62.1 Å². The van der Waals surface area contributed by atoms with Crippen LogP contribution in [0.3, 0.4) is 0 Å². The predicted octanol–water partition coefficient (Wildman–Crippen LogP) is 4.02. The Labute approximate surface area is 167 Å². The molecule has 0 bridgehead atoms. The zero-order valence-electron chi connectivity index (χ0n) is 15.1. The average molecular weight is 400 g/mol. The Balaban J connectivity index is 1.58. The van der Waals surface area contributed by atoms with Crippen LogP contribution in [0, 0.1) is 5.82 Å². The lowest BCUT2D eigenvalue weighted by molar-refractivity contribution is -0.132. The van der Waals surface area contributed by atoms with Crippen LogP contribution >= 0.6 is 11.6 Å². The number of halogens is 2. The fourth-order valence-corrected chi connectivity index (χ4v) is 4.05. The smallest absolute Gasteiger partial charge is 0.275 e. The van der Waals surface area contributed by atoms with Gasteiger partial charge >= 0.3 is 0 Å². The Kier molecular flexibility index (Phi) is 4.89. The van der Waals surface area contributed by atoms with Crippen molar-refractivity contribution < 1.29 is 14.0 Å². The van der Waals surface area contributed by atoms with Gasteiger partial charge in [0.25, 0.3) is 5.91 Å². The van der Waals surface area contributed by atoms with Crippen LogP contribution in [0.25, 0.3) is 0 Å². The SMILES string of the molecule is O=C(CN1C(=O)C(c2ccc(F)cc2)=NC12CCCC2)Nc1ccccc1Cl. The highest BCUT2D eigenvalue weighted by Gasteiger charge is 2.49. The lowest BCUT2D eigenvalue weighted by atomic mass is 10.1. The van der Waals surface area contributed by atoms with Crippen LogP contribution < -0.4 is 5.32 Å². The summed E-state index contributed by atoms with van der Waals surface area (Å²) in [5, 5.41) is 3.19. The van der Waals surface area contributed by atoms with Crippen molar-refractivity contribution in [2.75, 3.05) is 11.9 Å². The van der Waals surface area contributed by atoms with Crippen molar-refractivity contribution in [2.45, 2.75) is 31.3 Å². The molecule has 144 valence electrons. The second-order valence-corrected chi connectivity index (χ2v) is 7.48. The number of nitrogens with one attached hydrogen (secondary N) is 1. The summed E-state index contributed by atoms with van der Waals surface area (Å²) < 4.78 is 13.3. The van der Waals surface area contributed by atoms with Crippen molar-refractivity contribution in [1.29, 1.82) is 0 Å². The van der Waals surface area contributed by atoms with Crippen molar-refractivity contribution in [2.24, 2.45) is 4.99 Å². The van der Waals surface area contributed by atoms with Crippen molar-refractivity contribution in [3.63, 3.8) is 0 Å². The maximum absolute atomic E-state index is 13.3. The Morgan fingerprint density at radius 2 is 1.82 bits per heavy atom. The maximum atomic E-state index is 13.3. The quantitative estimate of drug-likeness (QED) is 0.844. The van der Waals surface area contributed by atoms with Gasteiger partial charge < -0.3 is 10.2 Å². The number of hydrogen-bond donors (Lipinski definition) is 1. The Bertz CT molecular complexity index is 952. The molecule has 1 fully saturated rings. The molecule has 0 radical (unpaired) electrons. The van der Waals surface area contributed by atoms with E-state index in [1.165, 1.54) is 12.1 Å². The van der Waals surface area contributed by atoms with E-state index in [2.05, 4.69) is 5.32 Å². The van der Waals surface area contributed by atoms with E-state index in [-0.39, 0.29) is 29.9 Å². The number of amides is 2. The Hall–Kier alpha value is -2.73. The maximum Gasteiger partial charge on any atom is 0.275 e. The van der Waals surface area contributed by atoms with Crippen LogP contribution in [-0.4, -0.2) is 34.6 Å². The van der Waals surface area contributed by atoms with Crippen molar-refractivity contribution in [3.8, 4) is 0 Å². The first kappa shape index (κ1) is 18.6. The zero-order valence-corrected chi connectivity index (χ0v) is 15.9. The molecular weight excluding hydrogens is 381 g/mol. The molecule has 28 heavy (non-hydrogen) atoms. The molecule has 1 aliphatic heterocycles. The van der Waals surface area contributed by atoms with Crippen LogP contribution in [0.15, 0.2) is 53.5 Å². The van der Waals surface area contributed by atoms with Gasteiger partial charge in [0.1, 0.15) is 23.7 Å². The minimum atomic E-state index is -0.696. The minimum absolute atomic E-state index is 0.113. The van der Waals surface area contributed by atoms with Gasteiger partial charge in [-0.1, -0.05) is 23.7 Å². The van der Waals surface area contributed by atoms with Gasteiger partial charge in [0.2, 0.25) is 5.91 Å². The lowest BCUT2D eigenvalue weighted by Gasteiger charge is -2.32. The topological polar surface area (TPSA) is 61.8 Å². The van der Waals surface area contributed by atoms with Crippen molar-refractivity contribution in [1.82, 2.24) is 4.90 Å². The van der Waals surface area contributed by atoms with Gasteiger partial charge in [0.05, 0.1) is 10.7 Å². The highest BCUT2D eigenvalue weighted by atomic mass is 35.5. The third-order valence-electron chi connectivity index (χ3n) is 5.24. The Morgan fingerprint density at radius 3 is 2.50 bits per heavy atom. The number of carbonyl (C=O) groups excluding carboxylic acids is 2. The molecule has 0 atom stereocenters. The predicted molar refractivity (Wildman–Crippen MR) is 106 cm³/mol. The van der Waals surface area contributed by atoms with Crippen molar-refractivity contribution >= 4 is 34.8 Å². The number of hydrogen-bond acceptors (Lipinski definition) is 3. The second kappa shape index (κ2) is 7.36. The molecule has 2 aromatic carbocycles. The zero-order chi connectivity index (χ0) is 19.7. The van der Waals surface area contributed by atoms with Gasteiger partial charge in [-0.2, -0.15) is 0 Å². The summed E-state index contributed by atoms with van der Waals surface area (Å²) in [7, 11) is 0. The molecule has 0 unspecified atom stereocenters. The molecule has 2 amide bonds. The molecule has 1 spiro atoms. The minimum Gasteiger partial charge on any atom is -0.323 e. The van der Waals surface area contributed by atoms with E-state index in [1.54, 1.807) is 41.3 Å². The molecule has 4 rings (SSSR count). The monoisotopic (exact) mass is 399 g/mol.